The third kappa shape index (κ3) is 4.36. The minimum absolute atomic E-state index is 0.0190. The molecule has 162 valence electrons. The summed E-state index contributed by atoms with van der Waals surface area (Å²) in [6.07, 6.45) is 8.40. The first kappa shape index (κ1) is 20.6. The Balaban J connectivity index is 1.13. The quantitative estimate of drug-likeness (QED) is 0.431. The standard InChI is InChI=1S/C25H28N2O3S/c28-24(16-31-15-17-1-7-23(8-2-17)27(29)30)26-22-5-3-21(4-6-22)25-12-18-9-19(13-25)11-20(10-18)14-25/h1-8,18-20H,9-16H2,(H,26,28). The van der Waals surface area contributed by atoms with E-state index in [2.05, 4.69) is 29.6 Å². The van der Waals surface area contributed by atoms with Crippen molar-refractivity contribution in [1.82, 2.24) is 0 Å². The Morgan fingerprint density at radius 3 is 2.10 bits per heavy atom. The van der Waals surface area contributed by atoms with E-state index < -0.39 is 4.92 Å². The molecular weight excluding hydrogens is 408 g/mol. The van der Waals surface area contributed by atoms with Gasteiger partial charge in [-0.15, -0.1) is 11.8 Å². The number of benzene rings is 2. The summed E-state index contributed by atoms with van der Waals surface area (Å²) >= 11 is 1.51. The second-order valence-electron chi connectivity index (χ2n) is 9.74. The number of thioether (sulfide) groups is 1. The van der Waals surface area contributed by atoms with Crippen molar-refractivity contribution >= 4 is 29.0 Å². The second kappa shape index (κ2) is 8.30. The molecule has 2 aromatic carbocycles. The maximum atomic E-state index is 12.3. The van der Waals surface area contributed by atoms with Gasteiger partial charge in [-0.2, -0.15) is 0 Å². The molecule has 4 fully saturated rings. The molecule has 0 saturated heterocycles. The molecule has 4 bridgehead atoms. The van der Waals surface area contributed by atoms with E-state index in [9.17, 15) is 14.9 Å². The molecule has 31 heavy (non-hydrogen) atoms. The molecule has 0 aromatic heterocycles. The van der Waals surface area contributed by atoms with Gasteiger partial charge in [0.15, 0.2) is 0 Å². The largest absolute Gasteiger partial charge is 0.325 e. The highest BCUT2D eigenvalue weighted by atomic mass is 32.2. The van der Waals surface area contributed by atoms with Gasteiger partial charge >= 0.3 is 0 Å². The van der Waals surface area contributed by atoms with Gasteiger partial charge in [0.2, 0.25) is 5.91 Å². The highest BCUT2D eigenvalue weighted by Gasteiger charge is 2.51. The van der Waals surface area contributed by atoms with Crippen molar-refractivity contribution in [2.24, 2.45) is 17.8 Å². The van der Waals surface area contributed by atoms with Gasteiger partial charge in [0.05, 0.1) is 10.7 Å². The van der Waals surface area contributed by atoms with E-state index in [4.69, 9.17) is 0 Å². The lowest BCUT2D eigenvalue weighted by Gasteiger charge is -2.57. The second-order valence-corrected chi connectivity index (χ2v) is 10.7. The molecular formula is C25H28N2O3S. The van der Waals surface area contributed by atoms with Gasteiger partial charge in [0, 0.05) is 23.6 Å². The molecule has 0 heterocycles. The molecule has 0 atom stereocenters. The number of hydrogen-bond donors (Lipinski definition) is 1. The van der Waals surface area contributed by atoms with E-state index in [0.717, 1.165) is 29.0 Å². The van der Waals surface area contributed by atoms with Crippen molar-refractivity contribution in [1.29, 1.82) is 0 Å². The summed E-state index contributed by atoms with van der Waals surface area (Å²) in [5.41, 5.74) is 3.77. The minimum Gasteiger partial charge on any atom is -0.325 e. The predicted octanol–water partition coefficient (Wildman–Crippen LogP) is 5.93. The van der Waals surface area contributed by atoms with Gasteiger partial charge in [0.1, 0.15) is 0 Å². The fourth-order valence-electron chi connectivity index (χ4n) is 6.54. The van der Waals surface area contributed by atoms with Crippen LogP contribution in [0.2, 0.25) is 0 Å². The van der Waals surface area contributed by atoms with E-state index in [1.165, 1.54) is 68.0 Å². The van der Waals surface area contributed by atoms with E-state index in [-0.39, 0.29) is 11.6 Å². The van der Waals surface area contributed by atoms with Crippen LogP contribution in [0.1, 0.15) is 49.7 Å². The van der Waals surface area contributed by atoms with Gasteiger partial charge < -0.3 is 5.32 Å². The first-order valence-electron chi connectivity index (χ1n) is 11.2. The van der Waals surface area contributed by atoms with Gasteiger partial charge in [-0.05, 0) is 85.0 Å². The summed E-state index contributed by atoms with van der Waals surface area (Å²) in [5.74, 6) is 3.77. The summed E-state index contributed by atoms with van der Waals surface area (Å²) in [6, 6.07) is 15.1. The fraction of sp³-hybridized carbons (Fsp3) is 0.480. The maximum Gasteiger partial charge on any atom is 0.269 e. The molecule has 6 heteroatoms. The monoisotopic (exact) mass is 436 g/mol. The highest BCUT2D eigenvalue weighted by Crippen LogP contribution is 2.60. The molecule has 1 amide bonds. The van der Waals surface area contributed by atoms with Crippen molar-refractivity contribution in [2.75, 3.05) is 11.1 Å². The zero-order valence-electron chi connectivity index (χ0n) is 17.6. The molecule has 6 rings (SSSR count). The zero-order valence-corrected chi connectivity index (χ0v) is 18.4. The molecule has 4 aliphatic carbocycles. The van der Waals surface area contributed by atoms with Crippen molar-refractivity contribution in [3.8, 4) is 0 Å². The van der Waals surface area contributed by atoms with Crippen molar-refractivity contribution < 1.29 is 9.72 Å². The molecule has 0 spiro atoms. The number of non-ortho nitro benzene ring substituents is 1. The average molecular weight is 437 g/mol. The van der Waals surface area contributed by atoms with E-state index in [1.807, 2.05) is 0 Å². The summed E-state index contributed by atoms with van der Waals surface area (Å²) in [5, 5.41) is 13.7. The lowest BCUT2D eigenvalue weighted by atomic mass is 9.48. The molecule has 4 saturated carbocycles. The first-order valence-corrected chi connectivity index (χ1v) is 12.4. The molecule has 2 aromatic rings. The van der Waals surface area contributed by atoms with Crippen LogP contribution in [0.5, 0.6) is 0 Å². The van der Waals surface area contributed by atoms with Gasteiger partial charge in [0.25, 0.3) is 5.69 Å². The SMILES string of the molecule is O=C(CSCc1ccc([N+](=O)[O-])cc1)Nc1ccc(C23CC4CC(CC(C4)C2)C3)cc1. The van der Waals surface area contributed by atoms with E-state index >= 15 is 0 Å². The Morgan fingerprint density at radius 1 is 0.968 bits per heavy atom. The summed E-state index contributed by atoms with van der Waals surface area (Å²) in [6.45, 7) is 0. The number of nitro groups is 1. The maximum absolute atomic E-state index is 12.3. The third-order valence-electron chi connectivity index (χ3n) is 7.47. The normalized spacial score (nSPS) is 28.5. The number of rotatable bonds is 7. The van der Waals surface area contributed by atoms with Crippen LogP contribution in [0.3, 0.4) is 0 Å². The number of carbonyl (C=O) groups is 1. The average Bonchev–Trinajstić information content (AvgIpc) is 2.73. The lowest BCUT2D eigenvalue weighted by molar-refractivity contribution is -0.384. The van der Waals surface area contributed by atoms with Crippen LogP contribution in [0.15, 0.2) is 48.5 Å². The number of carbonyl (C=O) groups excluding carboxylic acids is 1. The Bertz CT molecular complexity index is 936. The molecule has 4 aliphatic rings. The number of amides is 1. The summed E-state index contributed by atoms with van der Waals surface area (Å²) < 4.78 is 0. The van der Waals surface area contributed by atoms with Crippen LogP contribution in [-0.2, 0) is 16.0 Å². The van der Waals surface area contributed by atoms with Crippen LogP contribution in [0, 0.1) is 27.9 Å². The summed E-state index contributed by atoms with van der Waals surface area (Å²) in [4.78, 5) is 22.6. The molecule has 0 radical (unpaired) electrons. The summed E-state index contributed by atoms with van der Waals surface area (Å²) in [7, 11) is 0. The van der Waals surface area contributed by atoms with E-state index in [1.54, 1.807) is 12.1 Å². The van der Waals surface area contributed by atoms with Gasteiger partial charge in [-0.25, -0.2) is 0 Å². The molecule has 5 nitrogen and oxygen atoms in total. The Kier molecular flexibility index (Phi) is 5.51. The number of hydrogen-bond acceptors (Lipinski definition) is 4. The topological polar surface area (TPSA) is 72.2 Å². The van der Waals surface area contributed by atoms with Crippen molar-refractivity contribution in [2.45, 2.75) is 49.7 Å². The Morgan fingerprint density at radius 2 is 1.55 bits per heavy atom. The van der Waals surface area contributed by atoms with Gasteiger partial charge in [-0.3, -0.25) is 14.9 Å². The number of anilines is 1. The molecule has 0 unspecified atom stereocenters. The van der Waals surface area contributed by atoms with Crippen molar-refractivity contribution in [3.05, 3.63) is 69.8 Å². The van der Waals surface area contributed by atoms with Crippen LogP contribution in [-0.4, -0.2) is 16.6 Å². The lowest BCUT2D eigenvalue weighted by Crippen LogP contribution is -2.48. The zero-order chi connectivity index (χ0) is 21.4. The third-order valence-corrected chi connectivity index (χ3v) is 8.47. The van der Waals surface area contributed by atoms with Crippen LogP contribution in [0.25, 0.3) is 0 Å². The fourth-order valence-corrected chi connectivity index (χ4v) is 7.33. The Labute approximate surface area is 187 Å². The van der Waals surface area contributed by atoms with Gasteiger partial charge in [-0.1, -0.05) is 24.3 Å². The number of nitrogens with one attached hydrogen (secondary N) is 1. The highest BCUT2D eigenvalue weighted by molar-refractivity contribution is 7.99. The van der Waals surface area contributed by atoms with Crippen LogP contribution < -0.4 is 5.32 Å². The molecule has 1 N–H and O–H groups in total. The smallest absolute Gasteiger partial charge is 0.269 e. The number of nitrogens with zero attached hydrogens (tertiary/aromatic N) is 1. The Hall–Kier alpha value is -2.34. The first-order chi connectivity index (χ1) is 15.0. The van der Waals surface area contributed by atoms with Crippen LogP contribution in [0.4, 0.5) is 11.4 Å². The van der Waals surface area contributed by atoms with E-state index in [0.29, 0.717) is 16.9 Å². The number of nitro benzene ring substituents is 1. The minimum atomic E-state index is -0.404. The van der Waals surface area contributed by atoms with Crippen LogP contribution >= 0.6 is 11.8 Å². The predicted molar refractivity (Wildman–Crippen MR) is 124 cm³/mol. The molecule has 0 aliphatic heterocycles. The van der Waals surface area contributed by atoms with Crippen molar-refractivity contribution in [3.63, 3.8) is 0 Å².